The van der Waals surface area contributed by atoms with E-state index in [0.29, 0.717) is 15.6 Å². The average Bonchev–Trinajstić information content (AvgIpc) is 2.96. The standard InChI is InChI=1S/C19H13Cl2NO3/c1-24-14-6-2-12(3-7-14)5-9-18-22-17(19(23)25-18)11-13-4-8-15(20)16(21)10-13/h2-11H,1H3. The van der Waals surface area contributed by atoms with E-state index in [1.54, 1.807) is 43.5 Å². The van der Waals surface area contributed by atoms with Gasteiger partial charge in [-0.25, -0.2) is 9.79 Å². The Morgan fingerprint density at radius 3 is 2.40 bits per heavy atom. The number of hydrogen-bond acceptors (Lipinski definition) is 4. The second-order valence-corrected chi connectivity index (χ2v) is 5.96. The van der Waals surface area contributed by atoms with Gasteiger partial charge in [0.05, 0.1) is 17.2 Å². The molecule has 1 aliphatic heterocycles. The van der Waals surface area contributed by atoms with Crippen molar-refractivity contribution in [1.29, 1.82) is 0 Å². The van der Waals surface area contributed by atoms with E-state index in [1.165, 1.54) is 0 Å². The minimum Gasteiger partial charge on any atom is -0.497 e. The summed E-state index contributed by atoms with van der Waals surface area (Å²) in [7, 11) is 1.61. The van der Waals surface area contributed by atoms with Gasteiger partial charge in [0.2, 0.25) is 5.90 Å². The summed E-state index contributed by atoms with van der Waals surface area (Å²) in [6.07, 6.45) is 5.03. The summed E-state index contributed by atoms with van der Waals surface area (Å²) in [6, 6.07) is 12.5. The number of aliphatic imine (C=N–C) groups is 1. The van der Waals surface area contributed by atoms with E-state index in [9.17, 15) is 4.79 Å². The van der Waals surface area contributed by atoms with Gasteiger partial charge in [-0.3, -0.25) is 0 Å². The van der Waals surface area contributed by atoms with Crippen molar-refractivity contribution >= 4 is 47.2 Å². The number of nitrogens with zero attached hydrogens (tertiary/aromatic N) is 1. The monoisotopic (exact) mass is 373 g/mol. The van der Waals surface area contributed by atoms with Crippen LogP contribution in [0.1, 0.15) is 11.1 Å². The first-order valence-electron chi connectivity index (χ1n) is 7.35. The number of rotatable bonds is 4. The lowest BCUT2D eigenvalue weighted by Gasteiger charge is -1.98. The quantitative estimate of drug-likeness (QED) is 0.558. The predicted molar refractivity (Wildman–Crippen MR) is 100.0 cm³/mol. The number of cyclic esters (lactones) is 1. The van der Waals surface area contributed by atoms with Gasteiger partial charge in [0, 0.05) is 6.08 Å². The minimum atomic E-state index is -0.513. The number of hydrogen-bond donors (Lipinski definition) is 0. The van der Waals surface area contributed by atoms with Crippen molar-refractivity contribution < 1.29 is 14.3 Å². The number of esters is 1. The smallest absolute Gasteiger partial charge is 0.363 e. The fourth-order valence-corrected chi connectivity index (χ4v) is 2.45. The Labute approximate surface area is 155 Å². The van der Waals surface area contributed by atoms with E-state index < -0.39 is 5.97 Å². The van der Waals surface area contributed by atoms with Crippen molar-refractivity contribution in [2.75, 3.05) is 7.11 Å². The van der Waals surface area contributed by atoms with Crippen LogP contribution in [-0.4, -0.2) is 19.0 Å². The van der Waals surface area contributed by atoms with Crippen LogP contribution in [0.5, 0.6) is 5.75 Å². The van der Waals surface area contributed by atoms with Gasteiger partial charge in [0.15, 0.2) is 5.70 Å². The topological polar surface area (TPSA) is 47.9 Å². The molecule has 0 atom stereocenters. The van der Waals surface area contributed by atoms with Crippen molar-refractivity contribution in [3.63, 3.8) is 0 Å². The summed E-state index contributed by atoms with van der Waals surface area (Å²) in [5.41, 5.74) is 1.85. The zero-order valence-electron chi connectivity index (χ0n) is 13.2. The third-order valence-electron chi connectivity index (χ3n) is 3.42. The lowest BCUT2D eigenvalue weighted by atomic mass is 10.2. The molecule has 0 amide bonds. The predicted octanol–water partition coefficient (Wildman–Crippen LogP) is 5.01. The Morgan fingerprint density at radius 1 is 1.00 bits per heavy atom. The van der Waals surface area contributed by atoms with Crippen LogP contribution < -0.4 is 4.74 Å². The van der Waals surface area contributed by atoms with Gasteiger partial charge in [-0.2, -0.15) is 0 Å². The molecular weight excluding hydrogens is 361 g/mol. The molecule has 0 saturated heterocycles. The van der Waals surface area contributed by atoms with Gasteiger partial charge in [-0.15, -0.1) is 0 Å². The number of carbonyl (C=O) groups is 1. The van der Waals surface area contributed by atoms with Crippen molar-refractivity contribution in [2.45, 2.75) is 0 Å². The second kappa shape index (κ2) is 7.55. The maximum atomic E-state index is 11.9. The summed E-state index contributed by atoms with van der Waals surface area (Å²) >= 11 is 11.8. The van der Waals surface area contributed by atoms with Crippen LogP contribution in [0.15, 0.2) is 59.2 Å². The highest BCUT2D eigenvalue weighted by molar-refractivity contribution is 6.42. The molecule has 0 bridgehead atoms. The molecule has 0 radical (unpaired) electrons. The minimum absolute atomic E-state index is 0.202. The molecule has 0 unspecified atom stereocenters. The third-order valence-corrected chi connectivity index (χ3v) is 4.16. The average molecular weight is 374 g/mol. The molecule has 4 nitrogen and oxygen atoms in total. The lowest BCUT2D eigenvalue weighted by molar-refractivity contribution is -0.129. The molecule has 0 aliphatic carbocycles. The van der Waals surface area contributed by atoms with Crippen LogP contribution in [0.2, 0.25) is 10.0 Å². The molecule has 0 aromatic heterocycles. The molecule has 25 heavy (non-hydrogen) atoms. The van der Waals surface area contributed by atoms with Gasteiger partial charge in [-0.05, 0) is 47.5 Å². The van der Waals surface area contributed by atoms with Gasteiger partial charge < -0.3 is 9.47 Å². The van der Waals surface area contributed by atoms with Crippen LogP contribution in [0.3, 0.4) is 0 Å². The molecule has 0 saturated carbocycles. The van der Waals surface area contributed by atoms with Crippen LogP contribution >= 0.6 is 23.2 Å². The number of ether oxygens (including phenoxy) is 2. The highest BCUT2D eigenvalue weighted by atomic mass is 35.5. The van der Waals surface area contributed by atoms with Crippen LogP contribution in [0, 0.1) is 0 Å². The number of carbonyl (C=O) groups excluding carboxylic acids is 1. The highest BCUT2D eigenvalue weighted by Gasteiger charge is 2.21. The first kappa shape index (κ1) is 17.3. The van der Waals surface area contributed by atoms with Crippen molar-refractivity contribution in [3.05, 3.63) is 75.4 Å². The molecule has 0 spiro atoms. The molecule has 126 valence electrons. The van der Waals surface area contributed by atoms with Crippen molar-refractivity contribution in [3.8, 4) is 5.75 Å². The Morgan fingerprint density at radius 2 is 1.72 bits per heavy atom. The summed E-state index contributed by atoms with van der Waals surface area (Å²) in [4.78, 5) is 16.1. The molecule has 6 heteroatoms. The number of benzene rings is 2. The van der Waals surface area contributed by atoms with Gasteiger partial charge >= 0.3 is 5.97 Å². The molecule has 1 aliphatic rings. The third kappa shape index (κ3) is 4.29. The maximum absolute atomic E-state index is 11.9. The van der Waals surface area contributed by atoms with E-state index >= 15 is 0 Å². The Hall–Kier alpha value is -2.56. The maximum Gasteiger partial charge on any atom is 0.363 e. The summed E-state index contributed by atoms with van der Waals surface area (Å²) in [5, 5.41) is 0.857. The van der Waals surface area contributed by atoms with E-state index in [4.69, 9.17) is 32.7 Å². The molecule has 0 N–H and O–H groups in total. The molecule has 0 fully saturated rings. The molecule has 2 aromatic rings. The van der Waals surface area contributed by atoms with Crippen LogP contribution in [0.4, 0.5) is 0 Å². The normalized spacial score (nSPS) is 15.6. The zero-order chi connectivity index (χ0) is 17.8. The van der Waals surface area contributed by atoms with Gasteiger partial charge in [-0.1, -0.05) is 41.4 Å². The van der Waals surface area contributed by atoms with E-state index in [2.05, 4.69) is 4.99 Å². The fourth-order valence-electron chi connectivity index (χ4n) is 2.14. The molecule has 3 rings (SSSR count). The molecule has 2 aromatic carbocycles. The number of methoxy groups -OCH3 is 1. The fraction of sp³-hybridized carbons (Fsp3) is 0.0526. The summed E-state index contributed by atoms with van der Waals surface area (Å²) in [6.45, 7) is 0. The lowest BCUT2D eigenvalue weighted by Crippen LogP contribution is -2.01. The highest BCUT2D eigenvalue weighted by Crippen LogP contribution is 2.25. The zero-order valence-corrected chi connectivity index (χ0v) is 14.7. The SMILES string of the molecule is COc1ccc(C=CC2=NC(=Cc3ccc(Cl)c(Cl)c3)C(=O)O2)cc1. The first-order chi connectivity index (χ1) is 12.0. The van der Waals surface area contributed by atoms with Gasteiger partial charge in [0.25, 0.3) is 0 Å². The van der Waals surface area contributed by atoms with Crippen molar-refractivity contribution in [1.82, 2.24) is 0 Å². The second-order valence-electron chi connectivity index (χ2n) is 5.15. The first-order valence-corrected chi connectivity index (χ1v) is 8.10. The van der Waals surface area contributed by atoms with Crippen molar-refractivity contribution in [2.24, 2.45) is 4.99 Å². The summed E-state index contributed by atoms with van der Waals surface area (Å²) in [5.74, 6) is 0.487. The number of halogens is 2. The summed E-state index contributed by atoms with van der Waals surface area (Å²) < 4.78 is 10.2. The van der Waals surface area contributed by atoms with E-state index in [1.807, 2.05) is 24.3 Å². The van der Waals surface area contributed by atoms with Crippen LogP contribution in [0.25, 0.3) is 12.2 Å². The largest absolute Gasteiger partial charge is 0.497 e. The van der Waals surface area contributed by atoms with E-state index in [0.717, 1.165) is 11.3 Å². The van der Waals surface area contributed by atoms with E-state index in [-0.39, 0.29) is 11.6 Å². The Kier molecular flexibility index (Phi) is 5.22. The van der Waals surface area contributed by atoms with Crippen LogP contribution in [-0.2, 0) is 9.53 Å². The Balaban J connectivity index is 1.78. The van der Waals surface area contributed by atoms with Gasteiger partial charge in [0.1, 0.15) is 5.75 Å². The molecular formula is C19H13Cl2NO3. The molecule has 1 heterocycles. The Bertz CT molecular complexity index is 899.